The fourth-order valence-corrected chi connectivity index (χ4v) is 3.12. The van der Waals surface area contributed by atoms with Gasteiger partial charge in [-0.3, -0.25) is 9.89 Å². The van der Waals surface area contributed by atoms with Crippen LogP contribution in [0.15, 0.2) is 59.8 Å². The van der Waals surface area contributed by atoms with Gasteiger partial charge >= 0.3 is 0 Å². The number of thioether (sulfide) groups is 1. The van der Waals surface area contributed by atoms with E-state index < -0.39 is 0 Å². The van der Waals surface area contributed by atoms with Crippen LogP contribution in [0.4, 0.5) is 0 Å². The first-order chi connectivity index (χ1) is 12.1. The van der Waals surface area contributed by atoms with Gasteiger partial charge in [0.2, 0.25) is 11.1 Å². The number of hydrogen-bond acceptors (Lipinski definition) is 4. The van der Waals surface area contributed by atoms with Gasteiger partial charge in [-0.05, 0) is 24.6 Å². The van der Waals surface area contributed by atoms with Crippen molar-refractivity contribution in [1.29, 1.82) is 0 Å². The van der Waals surface area contributed by atoms with E-state index in [1.165, 1.54) is 11.8 Å². The number of halogens is 1. The van der Waals surface area contributed by atoms with E-state index in [9.17, 15) is 4.79 Å². The molecule has 0 aliphatic heterocycles. The molecule has 0 spiro atoms. The number of carbonyl (C=O) groups excluding carboxylic acids is 1. The molecule has 0 saturated carbocycles. The Morgan fingerprint density at radius 2 is 2.04 bits per heavy atom. The molecule has 0 saturated heterocycles. The van der Waals surface area contributed by atoms with Crippen molar-refractivity contribution < 1.29 is 4.79 Å². The largest absolute Gasteiger partial charge is 0.349 e. The average molecular weight is 373 g/mol. The van der Waals surface area contributed by atoms with Crippen LogP contribution in [0.1, 0.15) is 18.5 Å². The molecule has 0 bridgehead atoms. The van der Waals surface area contributed by atoms with Gasteiger partial charge in [0, 0.05) is 10.6 Å². The molecule has 1 amide bonds. The molecular weight excluding hydrogens is 356 g/mol. The van der Waals surface area contributed by atoms with E-state index in [2.05, 4.69) is 20.5 Å². The Labute approximate surface area is 155 Å². The Bertz CT molecular complexity index is 853. The van der Waals surface area contributed by atoms with Crippen molar-refractivity contribution in [3.05, 3.63) is 65.2 Å². The Balaban J connectivity index is 1.53. The molecule has 0 unspecified atom stereocenters. The van der Waals surface area contributed by atoms with Crippen LogP contribution in [-0.2, 0) is 4.79 Å². The fraction of sp³-hybridized carbons (Fsp3) is 0.167. The van der Waals surface area contributed by atoms with Gasteiger partial charge in [-0.1, -0.05) is 65.8 Å². The van der Waals surface area contributed by atoms with Crippen LogP contribution in [0.5, 0.6) is 0 Å². The minimum Gasteiger partial charge on any atom is -0.349 e. The monoisotopic (exact) mass is 372 g/mol. The predicted molar refractivity (Wildman–Crippen MR) is 101 cm³/mol. The molecule has 0 radical (unpaired) electrons. The predicted octanol–water partition coefficient (Wildman–Crippen LogP) is 4.09. The number of nitrogens with one attached hydrogen (secondary N) is 2. The van der Waals surface area contributed by atoms with Crippen molar-refractivity contribution in [3.63, 3.8) is 0 Å². The summed E-state index contributed by atoms with van der Waals surface area (Å²) in [5.74, 6) is 0.858. The molecule has 2 N–H and O–H groups in total. The van der Waals surface area contributed by atoms with E-state index >= 15 is 0 Å². The molecule has 0 aliphatic rings. The molecular formula is C18H17ClN4OS. The van der Waals surface area contributed by atoms with E-state index in [4.69, 9.17) is 11.6 Å². The zero-order valence-corrected chi connectivity index (χ0v) is 15.1. The van der Waals surface area contributed by atoms with Crippen molar-refractivity contribution in [3.8, 4) is 11.4 Å². The first-order valence-electron chi connectivity index (χ1n) is 7.77. The number of amides is 1. The van der Waals surface area contributed by atoms with Crippen molar-refractivity contribution >= 4 is 29.3 Å². The van der Waals surface area contributed by atoms with E-state index in [-0.39, 0.29) is 17.7 Å². The summed E-state index contributed by atoms with van der Waals surface area (Å²) in [4.78, 5) is 16.5. The number of hydrogen-bond donors (Lipinski definition) is 2. The zero-order valence-electron chi connectivity index (χ0n) is 13.6. The lowest BCUT2D eigenvalue weighted by Gasteiger charge is -2.14. The van der Waals surface area contributed by atoms with Crippen LogP contribution in [0.3, 0.4) is 0 Å². The van der Waals surface area contributed by atoms with Crippen LogP contribution in [0, 0.1) is 0 Å². The zero-order chi connectivity index (χ0) is 17.6. The van der Waals surface area contributed by atoms with Crippen LogP contribution in [-0.4, -0.2) is 26.8 Å². The lowest BCUT2D eigenvalue weighted by Crippen LogP contribution is -2.28. The minimum absolute atomic E-state index is 0.0801. The molecule has 0 fully saturated rings. The van der Waals surface area contributed by atoms with Gasteiger partial charge in [-0.25, -0.2) is 4.98 Å². The second kappa shape index (κ2) is 8.18. The van der Waals surface area contributed by atoms with Gasteiger partial charge in [0.25, 0.3) is 0 Å². The summed E-state index contributed by atoms with van der Waals surface area (Å²) in [6, 6.07) is 17.1. The summed E-state index contributed by atoms with van der Waals surface area (Å²) in [5.41, 5.74) is 1.93. The molecule has 2 aromatic carbocycles. The van der Waals surface area contributed by atoms with Gasteiger partial charge in [0.05, 0.1) is 11.8 Å². The maximum absolute atomic E-state index is 12.1. The summed E-state index contributed by atoms with van der Waals surface area (Å²) in [6.07, 6.45) is 0. The smallest absolute Gasteiger partial charge is 0.230 e. The molecule has 7 heteroatoms. The van der Waals surface area contributed by atoms with Crippen molar-refractivity contribution in [2.75, 3.05) is 5.75 Å². The lowest BCUT2D eigenvalue weighted by atomic mass is 10.1. The molecule has 0 aliphatic carbocycles. The second-order valence-corrected chi connectivity index (χ2v) is 6.84. The highest BCUT2D eigenvalue weighted by Gasteiger charge is 2.12. The van der Waals surface area contributed by atoms with Crippen LogP contribution in [0.25, 0.3) is 11.4 Å². The Kier molecular flexibility index (Phi) is 5.73. The lowest BCUT2D eigenvalue weighted by molar-refractivity contribution is -0.119. The SMILES string of the molecule is C[C@H](NC(=O)CSc1n[nH]c(-c2ccccc2)n1)c1cccc(Cl)c1. The summed E-state index contributed by atoms with van der Waals surface area (Å²) >= 11 is 7.28. The third-order valence-electron chi connectivity index (χ3n) is 3.57. The van der Waals surface area contributed by atoms with E-state index in [0.717, 1.165) is 11.1 Å². The molecule has 5 nitrogen and oxygen atoms in total. The topological polar surface area (TPSA) is 70.7 Å². The van der Waals surface area contributed by atoms with Crippen molar-refractivity contribution in [1.82, 2.24) is 20.5 Å². The van der Waals surface area contributed by atoms with Crippen LogP contribution in [0.2, 0.25) is 5.02 Å². The van der Waals surface area contributed by atoms with E-state index in [1.807, 2.05) is 61.5 Å². The van der Waals surface area contributed by atoms with Crippen LogP contribution >= 0.6 is 23.4 Å². The van der Waals surface area contributed by atoms with E-state index in [0.29, 0.717) is 16.0 Å². The highest BCUT2D eigenvalue weighted by atomic mass is 35.5. The molecule has 1 heterocycles. The maximum Gasteiger partial charge on any atom is 0.230 e. The van der Waals surface area contributed by atoms with Crippen molar-refractivity contribution in [2.45, 2.75) is 18.1 Å². The number of nitrogens with zero attached hydrogens (tertiary/aromatic N) is 2. The Morgan fingerprint density at radius 3 is 2.80 bits per heavy atom. The number of aromatic amines is 1. The highest BCUT2D eigenvalue weighted by molar-refractivity contribution is 7.99. The van der Waals surface area contributed by atoms with Gasteiger partial charge < -0.3 is 5.32 Å². The van der Waals surface area contributed by atoms with Gasteiger partial charge in [-0.15, -0.1) is 5.10 Å². The number of H-pyrrole nitrogens is 1. The van der Waals surface area contributed by atoms with Gasteiger partial charge in [0.1, 0.15) is 0 Å². The third kappa shape index (κ3) is 4.84. The first-order valence-corrected chi connectivity index (χ1v) is 9.13. The molecule has 3 aromatic rings. The van der Waals surface area contributed by atoms with Gasteiger partial charge in [-0.2, -0.15) is 0 Å². The highest BCUT2D eigenvalue weighted by Crippen LogP contribution is 2.20. The minimum atomic E-state index is -0.112. The first kappa shape index (κ1) is 17.5. The summed E-state index contributed by atoms with van der Waals surface area (Å²) < 4.78 is 0. The number of rotatable bonds is 6. The van der Waals surface area contributed by atoms with Crippen LogP contribution < -0.4 is 5.32 Å². The Morgan fingerprint density at radius 1 is 1.24 bits per heavy atom. The fourth-order valence-electron chi connectivity index (χ4n) is 2.31. The second-order valence-electron chi connectivity index (χ2n) is 5.47. The number of carbonyl (C=O) groups is 1. The maximum atomic E-state index is 12.1. The van der Waals surface area contributed by atoms with Gasteiger partial charge in [0.15, 0.2) is 5.82 Å². The number of benzene rings is 2. The standard InChI is InChI=1S/C18H17ClN4OS/c1-12(14-8-5-9-15(19)10-14)20-16(24)11-25-18-21-17(22-23-18)13-6-3-2-4-7-13/h2-10,12H,11H2,1H3,(H,20,24)(H,21,22,23)/t12-/m0/s1. The molecule has 1 atom stereocenters. The normalized spacial score (nSPS) is 11.9. The average Bonchev–Trinajstić information content (AvgIpc) is 3.10. The third-order valence-corrected chi connectivity index (χ3v) is 4.65. The molecule has 128 valence electrons. The van der Waals surface area contributed by atoms with Crippen molar-refractivity contribution in [2.24, 2.45) is 0 Å². The summed E-state index contributed by atoms with van der Waals surface area (Å²) in [6.45, 7) is 1.93. The summed E-state index contributed by atoms with van der Waals surface area (Å²) in [7, 11) is 0. The molecule has 25 heavy (non-hydrogen) atoms. The number of aromatic nitrogens is 3. The summed E-state index contributed by atoms with van der Waals surface area (Å²) in [5, 5.41) is 11.2. The Hall–Kier alpha value is -2.31. The van der Waals surface area contributed by atoms with E-state index in [1.54, 1.807) is 0 Å². The quantitative estimate of drug-likeness (QED) is 0.639. The molecule has 1 aromatic heterocycles. The molecule has 3 rings (SSSR count).